The second-order valence-corrected chi connectivity index (χ2v) is 4.56. The Morgan fingerprint density at radius 1 is 1.56 bits per heavy atom. The van der Waals surface area contributed by atoms with Crippen molar-refractivity contribution in [3.63, 3.8) is 0 Å². The lowest BCUT2D eigenvalue weighted by atomic mass is 9.97. The van der Waals surface area contributed by atoms with Crippen molar-refractivity contribution in [3.8, 4) is 0 Å². The van der Waals surface area contributed by atoms with Crippen LogP contribution < -0.4 is 5.73 Å². The largest absolute Gasteiger partial charge is 0.481 e. The van der Waals surface area contributed by atoms with Crippen LogP contribution in [0.1, 0.15) is 26.2 Å². The zero-order valence-electron chi connectivity index (χ0n) is 9.69. The number of nitrogens with two attached hydrogens (primary N) is 1. The molecule has 1 rings (SSSR count). The summed E-state index contributed by atoms with van der Waals surface area (Å²) >= 11 is 0. The Bertz CT molecular complexity index is 268. The molecule has 2 atom stereocenters. The van der Waals surface area contributed by atoms with E-state index in [4.69, 9.17) is 10.8 Å². The summed E-state index contributed by atoms with van der Waals surface area (Å²) in [5.41, 5.74) is 5.46. The molecule has 5 heteroatoms. The van der Waals surface area contributed by atoms with Gasteiger partial charge in [-0.2, -0.15) is 0 Å². The minimum Gasteiger partial charge on any atom is -0.481 e. The Labute approximate surface area is 95.6 Å². The molecule has 1 saturated heterocycles. The lowest BCUT2D eigenvalue weighted by Crippen LogP contribution is -2.43. The molecule has 0 radical (unpaired) electrons. The molecule has 0 aromatic carbocycles. The summed E-state index contributed by atoms with van der Waals surface area (Å²) in [5.74, 6) is -1.00. The van der Waals surface area contributed by atoms with E-state index in [-0.39, 0.29) is 11.8 Å². The first-order chi connectivity index (χ1) is 7.54. The summed E-state index contributed by atoms with van der Waals surface area (Å²) in [6.45, 7) is 3.45. The van der Waals surface area contributed by atoms with E-state index in [9.17, 15) is 9.59 Å². The molecule has 1 aliphatic rings. The van der Waals surface area contributed by atoms with Crippen LogP contribution in [0.5, 0.6) is 0 Å². The van der Waals surface area contributed by atoms with Crippen LogP contribution >= 0.6 is 0 Å². The summed E-state index contributed by atoms with van der Waals surface area (Å²) in [6, 6.07) is 0. The van der Waals surface area contributed by atoms with Crippen LogP contribution in [0, 0.1) is 11.8 Å². The topological polar surface area (TPSA) is 83.6 Å². The molecule has 0 spiro atoms. The second-order valence-electron chi connectivity index (χ2n) is 4.56. The van der Waals surface area contributed by atoms with Crippen molar-refractivity contribution >= 4 is 11.9 Å². The average molecular weight is 228 g/mol. The van der Waals surface area contributed by atoms with Crippen LogP contribution in [0.2, 0.25) is 0 Å². The van der Waals surface area contributed by atoms with Gasteiger partial charge in [0.1, 0.15) is 0 Å². The maximum absolute atomic E-state index is 11.8. The van der Waals surface area contributed by atoms with E-state index in [0.29, 0.717) is 32.5 Å². The van der Waals surface area contributed by atoms with E-state index in [1.807, 2.05) is 6.92 Å². The third-order valence-corrected chi connectivity index (χ3v) is 3.05. The number of rotatable bonds is 4. The van der Waals surface area contributed by atoms with E-state index < -0.39 is 11.9 Å². The molecular formula is C11H20N2O3. The summed E-state index contributed by atoms with van der Waals surface area (Å²) in [6.07, 6.45) is 1.87. The fraction of sp³-hybridized carbons (Fsp3) is 0.818. The number of carbonyl (C=O) groups is 2. The predicted octanol–water partition coefficient (Wildman–Crippen LogP) is 0.295. The maximum atomic E-state index is 11.8. The lowest BCUT2D eigenvalue weighted by Gasteiger charge is -2.31. The van der Waals surface area contributed by atoms with Gasteiger partial charge in [-0.05, 0) is 25.3 Å². The van der Waals surface area contributed by atoms with Crippen LogP contribution in [-0.2, 0) is 9.59 Å². The first-order valence-electron chi connectivity index (χ1n) is 5.75. The molecule has 0 aromatic heterocycles. The molecule has 5 nitrogen and oxygen atoms in total. The number of aliphatic carboxylic acids is 1. The molecule has 0 saturated carbocycles. The highest BCUT2D eigenvalue weighted by Crippen LogP contribution is 2.18. The fourth-order valence-corrected chi connectivity index (χ4v) is 1.92. The number of nitrogens with zero attached hydrogens (tertiary/aromatic N) is 1. The normalized spacial score (nSPS) is 22.9. The van der Waals surface area contributed by atoms with Crippen molar-refractivity contribution in [2.45, 2.75) is 26.2 Å². The molecule has 16 heavy (non-hydrogen) atoms. The van der Waals surface area contributed by atoms with Gasteiger partial charge in [-0.3, -0.25) is 9.59 Å². The van der Waals surface area contributed by atoms with Crippen LogP contribution in [0.4, 0.5) is 0 Å². The summed E-state index contributed by atoms with van der Waals surface area (Å²) in [4.78, 5) is 24.3. The van der Waals surface area contributed by atoms with Gasteiger partial charge in [-0.15, -0.1) is 0 Å². The summed E-state index contributed by atoms with van der Waals surface area (Å²) < 4.78 is 0. The summed E-state index contributed by atoms with van der Waals surface area (Å²) in [7, 11) is 0. The maximum Gasteiger partial charge on any atom is 0.308 e. The number of hydrogen-bond acceptors (Lipinski definition) is 3. The first kappa shape index (κ1) is 13.0. The number of carboxylic acids is 1. The molecule has 0 aliphatic carbocycles. The molecule has 1 amide bonds. The first-order valence-corrected chi connectivity index (χ1v) is 5.75. The van der Waals surface area contributed by atoms with Gasteiger partial charge in [0.15, 0.2) is 0 Å². The number of carbonyl (C=O) groups excluding carboxylic acids is 1. The third kappa shape index (κ3) is 3.48. The monoisotopic (exact) mass is 228 g/mol. The van der Waals surface area contributed by atoms with Crippen molar-refractivity contribution in [1.82, 2.24) is 4.90 Å². The third-order valence-electron chi connectivity index (χ3n) is 3.05. The smallest absolute Gasteiger partial charge is 0.308 e. The van der Waals surface area contributed by atoms with Gasteiger partial charge in [0.25, 0.3) is 0 Å². The average Bonchev–Trinajstić information content (AvgIpc) is 2.28. The zero-order valence-corrected chi connectivity index (χ0v) is 9.69. The molecule has 92 valence electrons. The Hall–Kier alpha value is -1.10. The van der Waals surface area contributed by atoms with E-state index in [1.54, 1.807) is 4.90 Å². The molecule has 1 heterocycles. The lowest BCUT2D eigenvalue weighted by molar-refractivity contribution is -0.145. The summed E-state index contributed by atoms with van der Waals surface area (Å²) in [5, 5.41) is 8.91. The molecule has 0 aromatic rings. The minimum absolute atomic E-state index is 0.0314. The van der Waals surface area contributed by atoms with Gasteiger partial charge in [-0.1, -0.05) is 6.92 Å². The van der Waals surface area contributed by atoms with E-state index in [0.717, 1.165) is 6.42 Å². The predicted molar refractivity (Wildman–Crippen MR) is 59.8 cm³/mol. The van der Waals surface area contributed by atoms with E-state index in [1.165, 1.54) is 0 Å². The van der Waals surface area contributed by atoms with E-state index >= 15 is 0 Å². The standard InChI is InChI=1S/C11H20N2O3/c1-8(6-12)5-10(14)13-4-2-3-9(7-13)11(15)16/h8-9H,2-7,12H2,1H3,(H,15,16)/t8?,9-/m0/s1. The van der Waals surface area contributed by atoms with Crippen LogP contribution in [-0.4, -0.2) is 41.5 Å². The van der Waals surface area contributed by atoms with Crippen molar-refractivity contribution in [2.24, 2.45) is 17.6 Å². The molecule has 0 bridgehead atoms. The van der Waals surface area contributed by atoms with Crippen LogP contribution in [0.15, 0.2) is 0 Å². The van der Waals surface area contributed by atoms with Crippen LogP contribution in [0.25, 0.3) is 0 Å². The van der Waals surface area contributed by atoms with E-state index in [2.05, 4.69) is 0 Å². The molecule has 1 unspecified atom stereocenters. The number of piperidine rings is 1. The molecule has 1 fully saturated rings. The highest BCUT2D eigenvalue weighted by molar-refractivity contribution is 5.78. The quantitative estimate of drug-likeness (QED) is 0.724. The Balaban J connectivity index is 2.47. The Morgan fingerprint density at radius 2 is 2.25 bits per heavy atom. The number of hydrogen-bond donors (Lipinski definition) is 2. The van der Waals surface area contributed by atoms with Gasteiger partial charge < -0.3 is 15.7 Å². The van der Waals surface area contributed by atoms with Gasteiger partial charge in [0.05, 0.1) is 5.92 Å². The number of amides is 1. The van der Waals surface area contributed by atoms with Crippen molar-refractivity contribution in [3.05, 3.63) is 0 Å². The SMILES string of the molecule is CC(CN)CC(=O)N1CCC[C@H](C(=O)O)C1. The molecule has 3 N–H and O–H groups in total. The minimum atomic E-state index is -0.802. The number of likely N-dealkylation sites (tertiary alicyclic amines) is 1. The Morgan fingerprint density at radius 3 is 2.81 bits per heavy atom. The van der Waals surface area contributed by atoms with Gasteiger partial charge in [0, 0.05) is 19.5 Å². The van der Waals surface area contributed by atoms with Gasteiger partial charge >= 0.3 is 5.97 Å². The highest BCUT2D eigenvalue weighted by Gasteiger charge is 2.28. The van der Waals surface area contributed by atoms with Gasteiger partial charge in [-0.25, -0.2) is 0 Å². The van der Waals surface area contributed by atoms with Crippen molar-refractivity contribution in [2.75, 3.05) is 19.6 Å². The van der Waals surface area contributed by atoms with Gasteiger partial charge in [0.2, 0.25) is 5.91 Å². The number of carboxylic acid groups (broad SMARTS) is 1. The molecular weight excluding hydrogens is 208 g/mol. The fourth-order valence-electron chi connectivity index (χ4n) is 1.92. The highest BCUT2D eigenvalue weighted by atomic mass is 16.4. The van der Waals surface area contributed by atoms with Crippen molar-refractivity contribution in [1.29, 1.82) is 0 Å². The van der Waals surface area contributed by atoms with Crippen LogP contribution in [0.3, 0.4) is 0 Å². The second kappa shape index (κ2) is 5.84. The molecule has 1 aliphatic heterocycles. The van der Waals surface area contributed by atoms with Crippen molar-refractivity contribution < 1.29 is 14.7 Å². The Kier molecular flexibility index (Phi) is 4.73. The zero-order chi connectivity index (χ0) is 12.1.